The summed E-state index contributed by atoms with van der Waals surface area (Å²) >= 11 is 0. The second-order valence-corrected chi connectivity index (χ2v) is 10.6. The van der Waals surface area contributed by atoms with Crippen molar-refractivity contribution in [2.75, 3.05) is 37.7 Å². The maximum absolute atomic E-state index is 12.9. The number of amidine groups is 1. The number of carbonyl (C=O) groups is 1. The van der Waals surface area contributed by atoms with Crippen LogP contribution >= 0.6 is 0 Å². The van der Waals surface area contributed by atoms with Gasteiger partial charge in [-0.25, -0.2) is 0 Å². The summed E-state index contributed by atoms with van der Waals surface area (Å²) in [6.07, 6.45) is 3.52. The van der Waals surface area contributed by atoms with Crippen molar-refractivity contribution in [1.82, 2.24) is 10.2 Å². The molecular weight excluding hydrogens is 452 g/mol. The quantitative estimate of drug-likeness (QED) is 0.705. The van der Waals surface area contributed by atoms with Crippen molar-refractivity contribution in [3.63, 3.8) is 0 Å². The van der Waals surface area contributed by atoms with Gasteiger partial charge in [0.15, 0.2) is 0 Å². The number of anilines is 1. The van der Waals surface area contributed by atoms with Crippen molar-refractivity contribution in [3.8, 4) is 0 Å². The van der Waals surface area contributed by atoms with Crippen LogP contribution in [-0.2, 0) is 21.3 Å². The third kappa shape index (κ3) is 5.01. The third-order valence-electron chi connectivity index (χ3n) is 6.57. The minimum Gasteiger partial charge on any atom is -0.374 e. The van der Waals surface area contributed by atoms with Crippen LogP contribution in [0.3, 0.4) is 0 Å². The lowest BCUT2D eigenvalue weighted by atomic mass is 10.1. The van der Waals surface area contributed by atoms with Gasteiger partial charge in [-0.2, -0.15) is 8.42 Å². The molecule has 2 aromatic rings. The van der Waals surface area contributed by atoms with Crippen LogP contribution in [-0.4, -0.2) is 64.0 Å². The van der Waals surface area contributed by atoms with Gasteiger partial charge in [-0.15, -0.1) is 4.40 Å². The number of morpholine rings is 1. The van der Waals surface area contributed by atoms with Crippen molar-refractivity contribution in [2.45, 2.75) is 43.2 Å². The smallest absolute Gasteiger partial charge is 0.286 e. The molecule has 0 spiro atoms. The van der Waals surface area contributed by atoms with Crippen LogP contribution in [0.4, 0.5) is 5.69 Å². The van der Waals surface area contributed by atoms with Crippen LogP contribution in [0.15, 0.2) is 57.8 Å². The number of fused-ring (bicyclic) bond motifs is 3. The molecule has 1 atom stereocenters. The van der Waals surface area contributed by atoms with Crippen molar-refractivity contribution >= 4 is 27.5 Å². The van der Waals surface area contributed by atoms with E-state index >= 15 is 0 Å². The first-order valence-corrected chi connectivity index (χ1v) is 13.4. The molecule has 34 heavy (non-hydrogen) atoms. The summed E-state index contributed by atoms with van der Waals surface area (Å²) in [5, 5.41) is 2.92. The molecule has 0 saturated carbocycles. The second-order valence-electron chi connectivity index (χ2n) is 9.05. The lowest BCUT2D eigenvalue weighted by Gasteiger charge is -2.33. The van der Waals surface area contributed by atoms with Crippen LogP contribution in [0.1, 0.15) is 41.6 Å². The topological polar surface area (TPSA) is 91.3 Å². The molecule has 3 aliphatic heterocycles. The van der Waals surface area contributed by atoms with Gasteiger partial charge in [0, 0.05) is 44.7 Å². The standard InChI is InChI=1S/C25H30N4O4S/c30-25(26-16-21-18-28(13-14-33-21)17-19-7-3-1-4-8-19)20-10-11-22-23(15-20)34(31,32)27-24-9-5-2-6-12-29(22)24/h1,3-4,7-8,10-11,15,21H,2,5-6,9,12-14,16-18H2,(H,26,30)/t21-/m1/s1. The van der Waals surface area contributed by atoms with Crippen LogP contribution in [0.2, 0.25) is 0 Å². The monoisotopic (exact) mass is 482 g/mol. The fourth-order valence-electron chi connectivity index (χ4n) is 4.82. The van der Waals surface area contributed by atoms with Gasteiger partial charge in [-0.1, -0.05) is 36.8 Å². The van der Waals surface area contributed by atoms with Gasteiger partial charge in [0.1, 0.15) is 10.7 Å². The van der Waals surface area contributed by atoms with Crippen LogP contribution in [0, 0.1) is 0 Å². The molecule has 0 aromatic heterocycles. The Bertz CT molecular complexity index is 1180. The summed E-state index contributed by atoms with van der Waals surface area (Å²) in [7, 11) is -3.82. The molecule has 3 aliphatic rings. The summed E-state index contributed by atoms with van der Waals surface area (Å²) in [6, 6.07) is 15.2. The Kier molecular flexibility index (Phi) is 6.67. The molecular formula is C25H30N4O4S. The van der Waals surface area contributed by atoms with Gasteiger partial charge < -0.3 is 15.0 Å². The average molecular weight is 483 g/mol. The number of amides is 1. The second kappa shape index (κ2) is 9.85. The molecule has 2 saturated heterocycles. The predicted molar refractivity (Wildman–Crippen MR) is 131 cm³/mol. The minimum absolute atomic E-state index is 0.105. The molecule has 0 radical (unpaired) electrons. The predicted octanol–water partition coefficient (Wildman–Crippen LogP) is 2.80. The van der Waals surface area contributed by atoms with Crippen LogP contribution in [0.5, 0.6) is 0 Å². The van der Waals surface area contributed by atoms with E-state index in [0.29, 0.717) is 36.7 Å². The zero-order chi connectivity index (χ0) is 23.5. The molecule has 5 rings (SSSR count). The number of rotatable bonds is 5. The Morgan fingerprint density at radius 3 is 2.79 bits per heavy atom. The van der Waals surface area contributed by atoms with Gasteiger partial charge in [-0.3, -0.25) is 9.69 Å². The average Bonchev–Trinajstić information content (AvgIpc) is 3.08. The molecule has 0 unspecified atom stereocenters. The fourth-order valence-corrected chi connectivity index (χ4v) is 6.10. The highest BCUT2D eigenvalue weighted by atomic mass is 32.2. The van der Waals surface area contributed by atoms with Gasteiger partial charge >= 0.3 is 0 Å². The number of benzene rings is 2. The van der Waals surface area contributed by atoms with Gasteiger partial charge in [0.2, 0.25) is 0 Å². The number of hydrogen-bond donors (Lipinski definition) is 1. The van der Waals surface area contributed by atoms with Gasteiger partial charge in [0.25, 0.3) is 15.9 Å². The molecule has 1 amide bonds. The van der Waals surface area contributed by atoms with E-state index in [0.717, 1.165) is 45.4 Å². The molecule has 180 valence electrons. The summed E-state index contributed by atoms with van der Waals surface area (Å²) in [5.74, 6) is 0.295. The van der Waals surface area contributed by atoms with E-state index in [1.54, 1.807) is 12.1 Å². The molecule has 3 heterocycles. The highest BCUT2D eigenvalue weighted by Gasteiger charge is 2.32. The van der Waals surface area contributed by atoms with E-state index in [1.807, 2.05) is 23.1 Å². The SMILES string of the molecule is O=C(NC[C@@H]1CN(Cc2ccccc2)CCO1)c1ccc2c(c1)S(=O)(=O)N=C1CCCCCN12. The Morgan fingerprint density at radius 1 is 1.09 bits per heavy atom. The number of hydrogen-bond acceptors (Lipinski definition) is 6. The van der Waals surface area contributed by atoms with E-state index < -0.39 is 10.0 Å². The number of sulfonamides is 1. The van der Waals surface area contributed by atoms with E-state index in [4.69, 9.17) is 4.74 Å². The minimum atomic E-state index is -3.82. The maximum atomic E-state index is 12.9. The summed E-state index contributed by atoms with van der Waals surface area (Å²) < 4.78 is 35.6. The molecule has 0 aliphatic carbocycles. The Balaban J connectivity index is 1.24. The zero-order valence-corrected chi connectivity index (χ0v) is 20.0. The van der Waals surface area contributed by atoms with Crippen molar-refractivity contribution in [3.05, 3.63) is 59.7 Å². The molecule has 2 aromatic carbocycles. The number of ether oxygens (including phenoxy) is 1. The van der Waals surface area contributed by atoms with Gasteiger partial charge in [0.05, 0.1) is 18.4 Å². The van der Waals surface area contributed by atoms with Crippen LogP contribution in [0.25, 0.3) is 0 Å². The van der Waals surface area contributed by atoms with E-state index in [1.165, 1.54) is 11.6 Å². The lowest BCUT2D eigenvalue weighted by molar-refractivity contribution is -0.0292. The van der Waals surface area contributed by atoms with Crippen molar-refractivity contribution in [2.24, 2.45) is 4.40 Å². The Morgan fingerprint density at radius 2 is 1.94 bits per heavy atom. The molecule has 0 bridgehead atoms. The summed E-state index contributed by atoms with van der Waals surface area (Å²) in [4.78, 5) is 17.3. The van der Waals surface area contributed by atoms with Crippen molar-refractivity contribution < 1.29 is 17.9 Å². The molecule has 8 nitrogen and oxygen atoms in total. The normalized spacial score (nSPS) is 22.2. The Labute approximate surface area is 200 Å². The highest BCUT2D eigenvalue weighted by Crippen LogP contribution is 2.35. The number of nitrogens with zero attached hydrogens (tertiary/aromatic N) is 3. The summed E-state index contributed by atoms with van der Waals surface area (Å²) in [5.41, 5.74) is 2.18. The lowest BCUT2D eigenvalue weighted by Crippen LogP contribution is -2.47. The first-order chi connectivity index (χ1) is 16.5. The molecule has 9 heteroatoms. The molecule has 1 N–H and O–H groups in total. The van der Waals surface area contributed by atoms with E-state index in [2.05, 4.69) is 26.7 Å². The largest absolute Gasteiger partial charge is 0.374 e. The first-order valence-electron chi connectivity index (χ1n) is 11.9. The fraction of sp³-hybridized carbons (Fsp3) is 0.440. The van der Waals surface area contributed by atoms with Gasteiger partial charge in [-0.05, 0) is 36.6 Å². The third-order valence-corrected chi connectivity index (χ3v) is 7.91. The van der Waals surface area contributed by atoms with E-state index in [9.17, 15) is 13.2 Å². The molecule has 2 fully saturated rings. The van der Waals surface area contributed by atoms with Crippen LogP contribution < -0.4 is 10.2 Å². The number of carbonyl (C=O) groups excluding carboxylic acids is 1. The highest BCUT2D eigenvalue weighted by molar-refractivity contribution is 7.90. The number of nitrogens with one attached hydrogen (secondary N) is 1. The Hall–Kier alpha value is -2.75. The first kappa shape index (κ1) is 23.0. The van der Waals surface area contributed by atoms with Crippen molar-refractivity contribution in [1.29, 1.82) is 0 Å². The maximum Gasteiger partial charge on any atom is 0.286 e. The zero-order valence-electron chi connectivity index (χ0n) is 19.2. The summed E-state index contributed by atoms with van der Waals surface area (Å²) in [6.45, 7) is 4.13. The van der Waals surface area contributed by atoms with E-state index in [-0.39, 0.29) is 16.9 Å².